The van der Waals surface area contributed by atoms with Crippen LogP contribution < -0.4 is 4.72 Å². The average Bonchev–Trinajstić information content (AvgIpc) is 2.42. The van der Waals surface area contributed by atoms with Crippen molar-refractivity contribution >= 4 is 32.0 Å². The number of nitrogens with zero attached hydrogens (tertiary/aromatic N) is 1. The molecule has 1 aliphatic rings. The minimum absolute atomic E-state index is 0.226. The summed E-state index contributed by atoms with van der Waals surface area (Å²) < 4.78 is 28.2. The van der Waals surface area contributed by atoms with Crippen molar-refractivity contribution in [2.24, 2.45) is 0 Å². The van der Waals surface area contributed by atoms with Crippen molar-refractivity contribution in [2.45, 2.75) is 30.7 Å². The van der Waals surface area contributed by atoms with E-state index in [1.54, 1.807) is 18.2 Å². The number of piperidine rings is 1. The van der Waals surface area contributed by atoms with Gasteiger partial charge in [0.15, 0.2) is 0 Å². The largest absolute Gasteiger partial charge is 0.465 e. The highest BCUT2D eigenvalue weighted by atomic mass is 79.9. The number of halogens is 1. The number of benzene rings is 1. The summed E-state index contributed by atoms with van der Waals surface area (Å²) in [4.78, 5) is 12.3. The van der Waals surface area contributed by atoms with Gasteiger partial charge in [0, 0.05) is 23.6 Å². The molecular formula is C13H17BrN2O4S. The number of rotatable bonds is 3. The van der Waals surface area contributed by atoms with Crippen LogP contribution in [0.1, 0.15) is 18.4 Å². The van der Waals surface area contributed by atoms with Crippen molar-refractivity contribution in [2.75, 3.05) is 13.1 Å². The van der Waals surface area contributed by atoms with E-state index in [1.807, 2.05) is 6.92 Å². The molecule has 0 bridgehead atoms. The summed E-state index contributed by atoms with van der Waals surface area (Å²) >= 11 is 3.34. The summed E-state index contributed by atoms with van der Waals surface area (Å²) in [6.45, 7) is 2.53. The lowest BCUT2D eigenvalue weighted by molar-refractivity contribution is 0.131. The molecule has 0 aromatic heterocycles. The molecule has 6 nitrogen and oxygen atoms in total. The van der Waals surface area contributed by atoms with Gasteiger partial charge in [-0.3, -0.25) is 0 Å². The third-order valence-corrected chi connectivity index (χ3v) is 5.93. The Labute approximate surface area is 132 Å². The molecule has 2 N–H and O–H groups in total. The lowest BCUT2D eigenvalue weighted by Crippen LogP contribution is -2.46. The Morgan fingerprint density at radius 3 is 2.52 bits per heavy atom. The molecule has 21 heavy (non-hydrogen) atoms. The molecule has 0 spiro atoms. The van der Waals surface area contributed by atoms with Crippen molar-refractivity contribution in [1.82, 2.24) is 9.62 Å². The highest BCUT2D eigenvalue weighted by molar-refractivity contribution is 9.10. The highest BCUT2D eigenvalue weighted by Gasteiger charge is 2.26. The summed E-state index contributed by atoms with van der Waals surface area (Å²) in [5.74, 6) is 0. The normalized spacial score (nSPS) is 17.0. The molecule has 1 aliphatic heterocycles. The lowest BCUT2D eigenvalue weighted by Gasteiger charge is -2.30. The predicted molar refractivity (Wildman–Crippen MR) is 81.8 cm³/mol. The van der Waals surface area contributed by atoms with Crippen LogP contribution in [-0.4, -0.2) is 43.6 Å². The summed E-state index contributed by atoms with van der Waals surface area (Å²) in [6, 6.07) is 4.64. The van der Waals surface area contributed by atoms with E-state index in [9.17, 15) is 13.2 Å². The zero-order chi connectivity index (χ0) is 15.6. The van der Waals surface area contributed by atoms with Gasteiger partial charge in [0.25, 0.3) is 0 Å². The van der Waals surface area contributed by atoms with Gasteiger partial charge in [-0.2, -0.15) is 0 Å². The van der Waals surface area contributed by atoms with Gasteiger partial charge in [0.1, 0.15) is 0 Å². The molecule has 2 rings (SSSR count). The maximum atomic E-state index is 12.3. The Kier molecular flexibility index (Phi) is 4.90. The summed E-state index contributed by atoms with van der Waals surface area (Å²) in [6.07, 6.45) is 0.0158. The van der Waals surface area contributed by atoms with E-state index in [2.05, 4.69) is 20.7 Å². The third kappa shape index (κ3) is 3.96. The fourth-order valence-corrected chi connectivity index (χ4v) is 3.90. The molecule has 1 aromatic rings. The molecule has 1 aromatic carbocycles. The number of likely N-dealkylation sites (tertiary alicyclic amines) is 1. The second-order valence-corrected chi connectivity index (χ2v) is 7.64. The van der Waals surface area contributed by atoms with Crippen LogP contribution in [0.4, 0.5) is 4.79 Å². The van der Waals surface area contributed by atoms with Crippen LogP contribution in [0.15, 0.2) is 27.6 Å². The second-order valence-electron chi connectivity index (χ2n) is 5.08. The summed E-state index contributed by atoms with van der Waals surface area (Å²) in [7, 11) is -3.57. The molecule has 8 heteroatoms. The molecule has 1 heterocycles. The van der Waals surface area contributed by atoms with Crippen LogP contribution in [0.2, 0.25) is 0 Å². The highest BCUT2D eigenvalue weighted by Crippen LogP contribution is 2.21. The van der Waals surface area contributed by atoms with Crippen molar-refractivity contribution < 1.29 is 18.3 Å². The van der Waals surface area contributed by atoms with Crippen molar-refractivity contribution in [1.29, 1.82) is 0 Å². The molecule has 1 amide bonds. The van der Waals surface area contributed by atoms with Crippen LogP contribution in [0, 0.1) is 6.92 Å². The van der Waals surface area contributed by atoms with Crippen LogP contribution >= 0.6 is 15.9 Å². The smallest absolute Gasteiger partial charge is 0.407 e. The van der Waals surface area contributed by atoms with E-state index >= 15 is 0 Å². The number of carbonyl (C=O) groups is 1. The van der Waals surface area contributed by atoms with Crippen LogP contribution in [0.25, 0.3) is 0 Å². The Balaban J connectivity index is 2.05. The number of aryl methyl sites for hydroxylation is 1. The minimum Gasteiger partial charge on any atom is -0.465 e. The molecule has 0 atom stereocenters. The topological polar surface area (TPSA) is 86.7 Å². The molecule has 1 fully saturated rings. The predicted octanol–water partition coefficient (Wildman–Crippen LogP) is 2.18. The molecule has 0 aliphatic carbocycles. The molecule has 1 saturated heterocycles. The monoisotopic (exact) mass is 376 g/mol. The number of nitrogens with one attached hydrogen (secondary N) is 1. The van der Waals surface area contributed by atoms with Gasteiger partial charge in [-0.05, 0) is 43.5 Å². The van der Waals surface area contributed by atoms with E-state index < -0.39 is 16.1 Å². The van der Waals surface area contributed by atoms with Gasteiger partial charge in [-0.25, -0.2) is 17.9 Å². The van der Waals surface area contributed by atoms with Crippen LogP contribution in [-0.2, 0) is 10.0 Å². The zero-order valence-electron chi connectivity index (χ0n) is 11.5. The number of carboxylic acid groups (broad SMARTS) is 1. The first-order valence-electron chi connectivity index (χ1n) is 6.56. The first-order valence-corrected chi connectivity index (χ1v) is 8.83. The maximum absolute atomic E-state index is 12.3. The van der Waals surface area contributed by atoms with Crippen molar-refractivity contribution in [3.05, 3.63) is 28.2 Å². The standard InChI is InChI=1S/C13H17BrN2O4S/c1-9-8-11(2-3-12(9)14)21(19,20)15-10-4-6-16(7-5-10)13(17)18/h2-3,8,10,15H,4-7H2,1H3,(H,17,18). The Bertz CT molecular complexity index is 640. The Hall–Kier alpha value is -1.12. The SMILES string of the molecule is Cc1cc(S(=O)(=O)NC2CCN(C(=O)O)CC2)ccc1Br. The van der Waals surface area contributed by atoms with E-state index in [-0.39, 0.29) is 10.9 Å². The Morgan fingerprint density at radius 2 is 2.00 bits per heavy atom. The first kappa shape index (κ1) is 16.3. The van der Waals surface area contributed by atoms with E-state index in [0.717, 1.165) is 10.0 Å². The number of hydrogen-bond acceptors (Lipinski definition) is 3. The second kappa shape index (κ2) is 6.33. The molecule has 116 valence electrons. The number of sulfonamides is 1. The Morgan fingerprint density at radius 1 is 1.38 bits per heavy atom. The lowest BCUT2D eigenvalue weighted by atomic mass is 10.1. The molecular weight excluding hydrogens is 360 g/mol. The van der Waals surface area contributed by atoms with Crippen LogP contribution in [0.3, 0.4) is 0 Å². The number of hydrogen-bond donors (Lipinski definition) is 2. The fraction of sp³-hybridized carbons (Fsp3) is 0.462. The van der Waals surface area contributed by atoms with Gasteiger partial charge in [-0.15, -0.1) is 0 Å². The third-order valence-electron chi connectivity index (χ3n) is 3.53. The fourth-order valence-electron chi connectivity index (χ4n) is 2.26. The minimum atomic E-state index is -3.57. The van der Waals surface area contributed by atoms with E-state index in [0.29, 0.717) is 25.9 Å². The van der Waals surface area contributed by atoms with Gasteiger partial charge in [0.2, 0.25) is 10.0 Å². The first-order chi connectivity index (χ1) is 9.79. The molecule has 0 radical (unpaired) electrons. The van der Waals surface area contributed by atoms with E-state index in [4.69, 9.17) is 5.11 Å². The van der Waals surface area contributed by atoms with Crippen LogP contribution in [0.5, 0.6) is 0 Å². The maximum Gasteiger partial charge on any atom is 0.407 e. The average molecular weight is 377 g/mol. The quantitative estimate of drug-likeness (QED) is 0.846. The summed E-state index contributed by atoms with van der Waals surface area (Å²) in [5, 5.41) is 8.87. The molecule has 0 saturated carbocycles. The van der Waals surface area contributed by atoms with Gasteiger partial charge < -0.3 is 10.0 Å². The van der Waals surface area contributed by atoms with Gasteiger partial charge in [-0.1, -0.05) is 15.9 Å². The van der Waals surface area contributed by atoms with Gasteiger partial charge >= 0.3 is 6.09 Å². The van der Waals surface area contributed by atoms with Gasteiger partial charge in [0.05, 0.1) is 4.90 Å². The van der Waals surface area contributed by atoms with Crippen molar-refractivity contribution in [3.63, 3.8) is 0 Å². The number of amides is 1. The van der Waals surface area contributed by atoms with Crippen molar-refractivity contribution in [3.8, 4) is 0 Å². The van der Waals surface area contributed by atoms with E-state index in [1.165, 1.54) is 4.90 Å². The summed E-state index contributed by atoms with van der Waals surface area (Å²) in [5.41, 5.74) is 0.846. The zero-order valence-corrected chi connectivity index (χ0v) is 13.9. The molecule has 0 unspecified atom stereocenters.